The molecule has 2 aliphatic rings. The van der Waals surface area contributed by atoms with Crippen molar-refractivity contribution < 1.29 is 35.9 Å². The summed E-state index contributed by atoms with van der Waals surface area (Å²) >= 11 is 0. The second-order valence-electron chi connectivity index (χ2n) is 10.5. The molecule has 4 rings (SSSR count). The molecule has 2 saturated heterocycles. The summed E-state index contributed by atoms with van der Waals surface area (Å²) in [5.74, 6) is -0.834. The maximum absolute atomic E-state index is 13.9. The van der Waals surface area contributed by atoms with E-state index >= 15 is 0 Å². The van der Waals surface area contributed by atoms with Gasteiger partial charge in [0.2, 0.25) is 0 Å². The highest BCUT2D eigenvalue weighted by Gasteiger charge is 2.44. The quantitative estimate of drug-likeness (QED) is 0.503. The van der Waals surface area contributed by atoms with Gasteiger partial charge in [-0.25, -0.2) is 0 Å². The molecule has 0 radical (unpaired) electrons. The third kappa shape index (κ3) is 6.93. The summed E-state index contributed by atoms with van der Waals surface area (Å²) in [6.45, 7) is 8.04. The van der Waals surface area contributed by atoms with Crippen molar-refractivity contribution in [1.29, 1.82) is 0 Å². The van der Waals surface area contributed by atoms with Gasteiger partial charge >= 0.3 is 12.4 Å². The Morgan fingerprint density at radius 1 is 0.923 bits per heavy atom. The van der Waals surface area contributed by atoms with Gasteiger partial charge in [-0.05, 0) is 61.6 Å². The normalized spacial score (nSPS) is 21.3. The van der Waals surface area contributed by atoms with E-state index in [2.05, 4.69) is 10.2 Å². The highest BCUT2D eigenvalue weighted by Crippen LogP contribution is 2.38. The van der Waals surface area contributed by atoms with E-state index < -0.39 is 40.5 Å². The molecule has 2 fully saturated rings. The number of nitrogens with zero attached hydrogens (tertiary/aromatic N) is 2. The second-order valence-corrected chi connectivity index (χ2v) is 10.5. The Hall–Kier alpha value is -2.63. The smallest absolute Gasteiger partial charge is 0.379 e. The molecule has 2 heterocycles. The number of amides is 1. The van der Waals surface area contributed by atoms with Gasteiger partial charge in [0, 0.05) is 44.8 Å². The molecule has 0 bridgehead atoms. The van der Waals surface area contributed by atoms with Crippen LogP contribution in [0.1, 0.15) is 44.6 Å². The Morgan fingerprint density at radius 2 is 1.56 bits per heavy atom. The van der Waals surface area contributed by atoms with E-state index in [4.69, 9.17) is 4.74 Å². The van der Waals surface area contributed by atoms with E-state index in [9.17, 15) is 31.1 Å². The minimum absolute atomic E-state index is 0.0509. The highest BCUT2D eigenvalue weighted by atomic mass is 19.4. The molecule has 2 aliphatic heterocycles. The zero-order chi connectivity index (χ0) is 28.4. The summed E-state index contributed by atoms with van der Waals surface area (Å²) in [5, 5.41) is 3.32. The summed E-state index contributed by atoms with van der Waals surface area (Å²) in [6, 6.07) is 7.07. The van der Waals surface area contributed by atoms with Crippen LogP contribution in [0.5, 0.6) is 0 Å². The van der Waals surface area contributed by atoms with Crippen molar-refractivity contribution in [2.45, 2.75) is 44.6 Å². The van der Waals surface area contributed by atoms with E-state index in [0.717, 1.165) is 16.7 Å². The Labute approximate surface area is 224 Å². The van der Waals surface area contributed by atoms with Gasteiger partial charge in [-0.2, -0.15) is 26.3 Å². The molecule has 0 aromatic heterocycles. The maximum atomic E-state index is 13.9. The molecule has 1 atom stereocenters. The van der Waals surface area contributed by atoms with Crippen molar-refractivity contribution in [3.05, 3.63) is 69.8 Å². The van der Waals surface area contributed by atoms with Crippen LogP contribution in [0.25, 0.3) is 0 Å². The van der Waals surface area contributed by atoms with Gasteiger partial charge in [0.25, 0.3) is 5.91 Å². The number of carbonyl (C=O) groups is 1. The Bertz CT molecular complexity index is 1140. The van der Waals surface area contributed by atoms with Crippen LogP contribution in [-0.2, 0) is 23.5 Å². The van der Waals surface area contributed by atoms with Crippen LogP contribution in [0.3, 0.4) is 0 Å². The molecule has 5 nitrogen and oxygen atoms in total. The van der Waals surface area contributed by atoms with Crippen molar-refractivity contribution in [3.8, 4) is 0 Å². The number of aryl methyl sites for hydroxylation is 2. The minimum Gasteiger partial charge on any atom is -0.379 e. The fraction of sp³-hybridized carbons (Fsp3) is 0.536. The topological polar surface area (TPSA) is 44.8 Å². The van der Waals surface area contributed by atoms with E-state index in [1.807, 2.05) is 32.0 Å². The summed E-state index contributed by atoms with van der Waals surface area (Å²) in [5.41, 5.74) is -1.36. The third-order valence-corrected chi connectivity index (χ3v) is 7.72. The molecule has 0 aliphatic carbocycles. The first kappa shape index (κ1) is 29.4. The van der Waals surface area contributed by atoms with Gasteiger partial charge in [0.15, 0.2) is 0 Å². The van der Waals surface area contributed by atoms with Crippen LogP contribution in [0, 0.1) is 13.8 Å². The van der Waals surface area contributed by atoms with E-state index in [1.165, 1.54) is 4.90 Å². The summed E-state index contributed by atoms with van der Waals surface area (Å²) in [7, 11) is 0. The number of benzene rings is 2. The molecule has 1 amide bonds. The number of halogens is 6. The Morgan fingerprint density at radius 3 is 2.15 bits per heavy atom. The average Bonchev–Trinajstić information content (AvgIpc) is 2.89. The molecule has 39 heavy (non-hydrogen) atoms. The summed E-state index contributed by atoms with van der Waals surface area (Å²) in [4.78, 5) is 17.6. The zero-order valence-corrected chi connectivity index (χ0v) is 22.0. The summed E-state index contributed by atoms with van der Waals surface area (Å²) < 4.78 is 86.8. The standard InChI is InChI=1S/C28H33F6N3O2/c1-19-3-4-21(13-20(19)2)17-26(5-7-36-9-11-39-12-10-36)18-35-6-8-37(26)25(38)22-14-23(27(29,30)31)16-24(15-22)28(32,33)34/h3-4,13-16,35H,5-12,17-18H2,1-2H3. The second kappa shape index (κ2) is 11.5. The SMILES string of the molecule is Cc1ccc(CC2(CCN3CCOCC3)CNCCN2C(=O)c2cc(C(F)(F)F)cc(C(F)(F)F)c2)cc1C. The predicted molar refractivity (Wildman–Crippen MR) is 135 cm³/mol. The van der Waals surface area contributed by atoms with Gasteiger partial charge in [0.05, 0.1) is 29.9 Å². The van der Waals surface area contributed by atoms with Gasteiger partial charge in [-0.1, -0.05) is 18.2 Å². The first-order valence-corrected chi connectivity index (χ1v) is 13.0. The molecule has 1 N–H and O–H groups in total. The lowest BCUT2D eigenvalue weighted by Gasteiger charge is -2.49. The fourth-order valence-electron chi connectivity index (χ4n) is 5.35. The van der Waals surface area contributed by atoms with E-state index in [0.29, 0.717) is 70.9 Å². The van der Waals surface area contributed by atoms with Crippen LogP contribution < -0.4 is 5.32 Å². The van der Waals surface area contributed by atoms with Crippen LogP contribution in [0.2, 0.25) is 0 Å². The van der Waals surface area contributed by atoms with Crippen molar-refractivity contribution in [3.63, 3.8) is 0 Å². The van der Waals surface area contributed by atoms with Crippen LogP contribution >= 0.6 is 0 Å². The lowest BCUT2D eigenvalue weighted by atomic mass is 9.82. The Kier molecular flexibility index (Phi) is 8.63. The molecule has 0 spiro atoms. The first-order chi connectivity index (χ1) is 18.3. The zero-order valence-electron chi connectivity index (χ0n) is 22.0. The highest BCUT2D eigenvalue weighted by molar-refractivity contribution is 5.95. The number of carbonyl (C=O) groups excluding carboxylic acids is 1. The number of hydrogen-bond acceptors (Lipinski definition) is 4. The lowest BCUT2D eigenvalue weighted by Crippen LogP contribution is -2.65. The van der Waals surface area contributed by atoms with E-state index in [1.54, 1.807) is 0 Å². The predicted octanol–water partition coefficient (Wildman–Crippen LogP) is 5.09. The van der Waals surface area contributed by atoms with E-state index in [-0.39, 0.29) is 12.6 Å². The number of piperazine rings is 1. The number of hydrogen-bond donors (Lipinski definition) is 1. The first-order valence-electron chi connectivity index (χ1n) is 13.0. The van der Waals surface area contributed by atoms with Gasteiger partial charge in [0.1, 0.15) is 0 Å². The number of nitrogens with one attached hydrogen (secondary N) is 1. The number of rotatable bonds is 6. The Balaban J connectivity index is 1.75. The van der Waals surface area contributed by atoms with Crippen molar-refractivity contribution >= 4 is 5.91 Å². The number of morpholine rings is 1. The average molecular weight is 558 g/mol. The van der Waals surface area contributed by atoms with Crippen LogP contribution in [-0.4, -0.2) is 73.7 Å². The van der Waals surface area contributed by atoms with Crippen molar-refractivity contribution in [2.24, 2.45) is 0 Å². The molecule has 0 saturated carbocycles. The number of ether oxygens (including phenoxy) is 1. The molecule has 11 heteroatoms. The fourth-order valence-corrected chi connectivity index (χ4v) is 5.35. The van der Waals surface area contributed by atoms with Crippen LogP contribution in [0.4, 0.5) is 26.3 Å². The molecular formula is C28H33F6N3O2. The largest absolute Gasteiger partial charge is 0.416 e. The maximum Gasteiger partial charge on any atom is 0.416 e. The van der Waals surface area contributed by atoms with Crippen molar-refractivity contribution in [1.82, 2.24) is 15.1 Å². The molecule has 1 unspecified atom stereocenters. The monoisotopic (exact) mass is 557 g/mol. The van der Waals surface area contributed by atoms with Gasteiger partial charge < -0.3 is 15.0 Å². The lowest BCUT2D eigenvalue weighted by molar-refractivity contribution is -0.143. The number of alkyl halides is 6. The minimum atomic E-state index is -5.04. The summed E-state index contributed by atoms with van der Waals surface area (Å²) in [6.07, 6.45) is -9.18. The van der Waals surface area contributed by atoms with Gasteiger partial charge in [-0.15, -0.1) is 0 Å². The molecule has 2 aromatic rings. The van der Waals surface area contributed by atoms with Gasteiger partial charge in [-0.3, -0.25) is 9.69 Å². The third-order valence-electron chi connectivity index (χ3n) is 7.72. The molecule has 214 valence electrons. The molecular weight excluding hydrogens is 524 g/mol. The molecule has 2 aromatic carbocycles. The van der Waals surface area contributed by atoms with Crippen molar-refractivity contribution in [2.75, 3.05) is 52.5 Å². The van der Waals surface area contributed by atoms with Crippen LogP contribution in [0.15, 0.2) is 36.4 Å².